The fourth-order valence-corrected chi connectivity index (χ4v) is 1.95. The van der Waals surface area contributed by atoms with Crippen molar-refractivity contribution in [2.24, 2.45) is 5.92 Å². The average Bonchev–Trinajstić information content (AvgIpc) is 2.43. The molecule has 0 atom stereocenters. The number of rotatable bonds is 8. The predicted octanol–water partition coefficient (Wildman–Crippen LogP) is 6.40. The van der Waals surface area contributed by atoms with Gasteiger partial charge in [-0.15, -0.1) is 0 Å². The third-order valence-corrected chi connectivity index (χ3v) is 3.58. The first-order chi connectivity index (χ1) is 10.3. The zero-order chi connectivity index (χ0) is 17.1. The van der Waals surface area contributed by atoms with Gasteiger partial charge in [-0.25, -0.2) is 0 Å². The van der Waals surface area contributed by atoms with E-state index in [9.17, 15) is 5.11 Å². The number of hydrogen-bond acceptors (Lipinski definition) is 2. The Labute approximate surface area is 136 Å². The second-order valence-corrected chi connectivity index (χ2v) is 6.44. The zero-order valence-electron chi connectivity index (χ0n) is 15.0. The highest BCUT2D eigenvalue weighted by atomic mass is 16.3. The van der Waals surface area contributed by atoms with Gasteiger partial charge in [0.05, 0.1) is 6.07 Å². The van der Waals surface area contributed by atoms with E-state index in [1.807, 2.05) is 20.8 Å². The molecule has 0 fully saturated rings. The first kappa shape index (κ1) is 20.2. The molecule has 0 unspecified atom stereocenters. The van der Waals surface area contributed by atoms with Gasteiger partial charge in [-0.05, 0) is 70.9 Å². The van der Waals surface area contributed by atoms with E-state index in [-0.39, 0.29) is 11.7 Å². The van der Waals surface area contributed by atoms with E-state index >= 15 is 0 Å². The molecule has 0 rings (SSSR count). The van der Waals surface area contributed by atoms with Gasteiger partial charge in [0.15, 0.2) is 0 Å². The van der Waals surface area contributed by atoms with Crippen molar-refractivity contribution in [2.75, 3.05) is 0 Å². The third-order valence-electron chi connectivity index (χ3n) is 3.58. The SMILES string of the molecule is CC(C)=CCC/C(C)=C/CC/C(C)=C(O)/C=C(/C#N)C(C)C. The molecule has 0 aromatic rings. The predicted molar refractivity (Wildman–Crippen MR) is 95.5 cm³/mol. The molecule has 0 bridgehead atoms. The maximum atomic E-state index is 10.1. The Kier molecular flexibility index (Phi) is 10.0. The van der Waals surface area contributed by atoms with Crippen molar-refractivity contribution in [1.82, 2.24) is 0 Å². The topological polar surface area (TPSA) is 44.0 Å². The molecule has 22 heavy (non-hydrogen) atoms. The molecule has 0 saturated carbocycles. The Morgan fingerprint density at radius 2 is 1.64 bits per heavy atom. The molecule has 0 heterocycles. The van der Waals surface area contributed by atoms with E-state index in [1.54, 1.807) is 6.08 Å². The van der Waals surface area contributed by atoms with Crippen LogP contribution in [0.15, 0.2) is 46.3 Å². The molecule has 0 radical (unpaired) electrons. The number of hydrogen-bond donors (Lipinski definition) is 1. The number of aliphatic hydroxyl groups is 1. The highest BCUT2D eigenvalue weighted by molar-refractivity contribution is 5.31. The van der Waals surface area contributed by atoms with Crippen LogP contribution in [0.3, 0.4) is 0 Å². The van der Waals surface area contributed by atoms with Gasteiger partial charge in [0.2, 0.25) is 0 Å². The van der Waals surface area contributed by atoms with Gasteiger partial charge in [-0.1, -0.05) is 37.1 Å². The monoisotopic (exact) mass is 301 g/mol. The Morgan fingerprint density at radius 1 is 1.05 bits per heavy atom. The van der Waals surface area contributed by atoms with Gasteiger partial charge in [0.25, 0.3) is 0 Å². The number of nitriles is 1. The molecule has 0 aliphatic carbocycles. The lowest BCUT2D eigenvalue weighted by atomic mass is 10.0. The molecule has 0 saturated heterocycles. The minimum Gasteiger partial charge on any atom is -0.508 e. The highest BCUT2D eigenvalue weighted by Gasteiger charge is 2.04. The fraction of sp³-hybridized carbons (Fsp3) is 0.550. The van der Waals surface area contributed by atoms with Crippen LogP contribution in [0.2, 0.25) is 0 Å². The van der Waals surface area contributed by atoms with Crippen molar-refractivity contribution < 1.29 is 5.11 Å². The molecule has 0 aliphatic heterocycles. The molecule has 2 heteroatoms. The lowest BCUT2D eigenvalue weighted by Crippen LogP contribution is -1.93. The van der Waals surface area contributed by atoms with Gasteiger partial charge in [0, 0.05) is 5.57 Å². The van der Waals surface area contributed by atoms with Gasteiger partial charge < -0.3 is 5.11 Å². The first-order valence-corrected chi connectivity index (χ1v) is 8.07. The standard InChI is InChI=1S/C20H31NO/c1-15(2)9-7-10-17(5)11-8-12-18(6)20(22)13-19(14-21)16(3)4/h9,11,13,16,22H,7-8,10,12H2,1-6H3/b17-11+,19-13-,20-18-. The summed E-state index contributed by atoms with van der Waals surface area (Å²) in [6.45, 7) is 12.2. The minimum absolute atomic E-state index is 0.136. The Bertz CT molecular complexity index is 506. The van der Waals surface area contributed by atoms with E-state index in [0.717, 1.165) is 31.3 Å². The van der Waals surface area contributed by atoms with Crippen molar-refractivity contribution >= 4 is 0 Å². The van der Waals surface area contributed by atoms with Crippen LogP contribution in [-0.4, -0.2) is 5.11 Å². The van der Waals surface area contributed by atoms with E-state index in [1.165, 1.54) is 11.1 Å². The Hall–Kier alpha value is -1.75. The first-order valence-electron chi connectivity index (χ1n) is 8.07. The molecular weight excluding hydrogens is 270 g/mol. The largest absolute Gasteiger partial charge is 0.508 e. The van der Waals surface area contributed by atoms with Gasteiger partial charge in [-0.2, -0.15) is 5.26 Å². The van der Waals surface area contributed by atoms with Crippen molar-refractivity contribution in [1.29, 1.82) is 5.26 Å². The second-order valence-electron chi connectivity index (χ2n) is 6.44. The van der Waals surface area contributed by atoms with Gasteiger partial charge in [0.1, 0.15) is 5.76 Å². The summed E-state index contributed by atoms with van der Waals surface area (Å²) in [5.41, 5.74) is 4.30. The van der Waals surface area contributed by atoms with Crippen LogP contribution in [0.4, 0.5) is 0 Å². The smallest absolute Gasteiger partial charge is 0.115 e. The maximum Gasteiger partial charge on any atom is 0.115 e. The summed E-state index contributed by atoms with van der Waals surface area (Å²) in [4.78, 5) is 0. The molecule has 0 aromatic heterocycles. The molecule has 2 nitrogen and oxygen atoms in total. The lowest BCUT2D eigenvalue weighted by Gasteiger charge is -2.05. The summed E-state index contributed by atoms with van der Waals surface area (Å²) in [6, 6.07) is 2.14. The third kappa shape index (κ3) is 9.23. The normalized spacial score (nSPS) is 13.7. The van der Waals surface area contributed by atoms with Gasteiger partial charge >= 0.3 is 0 Å². The summed E-state index contributed by atoms with van der Waals surface area (Å²) in [6.07, 6.45) is 10.0. The Balaban J connectivity index is 4.54. The molecule has 0 aliphatic rings. The second kappa shape index (κ2) is 10.9. The minimum atomic E-state index is 0.136. The molecule has 122 valence electrons. The molecule has 1 N–H and O–H groups in total. The van der Waals surface area contributed by atoms with Crippen molar-refractivity contribution in [3.63, 3.8) is 0 Å². The quantitative estimate of drug-likeness (QED) is 0.244. The van der Waals surface area contributed by atoms with Crippen LogP contribution in [0.5, 0.6) is 0 Å². The lowest BCUT2D eigenvalue weighted by molar-refractivity contribution is 0.421. The molecule has 0 amide bonds. The van der Waals surface area contributed by atoms with E-state index in [4.69, 9.17) is 5.26 Å². The van der Waals surface area contributed by atoms with Crippen molar-refractivity contribution in [3.8, 4) is 6.07 Å². The summed E-state index contributed by atoms with van der Waals surface area (Å²) in [5.74, 6) is 0.373. The zero-order valence-corrected chi connectivity index (χ0v) is 15.0. The number of aliphatic hydroxyl groups excluding tert-OH is 1. The Morgan fingerprint density at radius 3 is 2.14 bits per heavy atom. The van der Waals surface area contributed by atoms with Crippen LogP contribution in [-0.2, 0) is 0 Å². The summed E-state index contributed by atoms with van der Waals surface area (Å²) >= 11 is 0. The van der Waals surface area contributed by atoms with Crippen LogP contribution >= 0.6 is 0 Å². The van der Waals surface area contributed by atoms with Crippen molar-refractivity contribution in [3.05, 3.63) is 46.3 Å². The number of allylic oxidation sites excluding steroid dienone is 7. The summed E-state index contributed by atoms with van der Waals surface area (Å²) < 4.78 is 0. The van der Waals surface area contributed by atoms with Crippen molar-refractivity contribution in [2.45, 2.75) is 67.2 Å². The van der Waals surface area contributed by atoms with Gasteiger partial charge in [-0.3, -0.25) is 0 Å². The maximum absolute atomic E-state index is 10.1. The van der Waals surface area contributed by atoms with E-state index in [2.05, 4.69) is 39.0 Å². The average molecular weight is 301 g/mol. The molecule has 0 spiro atoms. The summed E-state index contributed by atoms with van der Waals surface area (Å²) in [7, 11) is 0. The fourth-order valence-electron chi connectivity index (χ4n) is 1.95. The van der Waals surface area contributed by atoms with Crippen LogP contribution < -0.4 is 0 Å². The van der Waals surface area contributed by atoms with Crippen LogP contribution in [0.1, 0.15) is 67.2 Å². The summed E-state index contributed by atoms with van der Waals surface area (Å²) in [5, 5.41) is 19.1. The van der Waals surface area contributed by atoms with E-state index < -0.39 is 0 Å². The molecule has 0 aromatic carbocycles. The number of nitrogens with zero attached hydrogens (tertiary/aromatic N) is 1. The highest BCUT2D eigenvalue weighted by Crippen LogP contribution is 2.17. The van der Waals surface area contributed by atoms with Crippen LogP contribution in [0, 0.1) is 17.2 Å². The van der Waals surface area contributed by atoms with E-state index in [0.29, 0.717) is 5.57 Å². The molecular formula is C20H31NO. The van der Waals surface area contributed by atoms with Crippen LogP contribution in [0.25, 0.3) is 0 Å².